The number of aromatic nitrogens is 1. The molecule has 1 unspecified atom stereocenters. The van der Waals surface area contributed by atoms with Crippen LogP contribution in [0.2, 0.25) is 0 Å². The van der Waals surface area contributed by atoms with E-state index in [4.69, 9.17) is 0 Å². The molecule has 2 fully saturated rings. The highest BCUT2D eigenvalue weighted by Crippen LogP contribution is 2.24. The average molecular weight is 407 g/mol. The molecule has 0 spiro atoms. The van der Waals surface area contributed by atoms with Gasteiger partial charge in [0.1, 0.15) is 12.6 Å². The topological polar surface area (TPSA) is 56.8 Å². The molecule has 2 aliphatic rings. The normalized spacial score (nSPS) is 20.3. The first-order valence-electron chi connectivity index (χ1n) is 9.84. The van der Waals surface area contributed by atoms with E-state index in [0.29, 0.717) is 19.6 Å². The summed E-state index contributed by atoms with van der Waals surface area (Å²) in [6.07, 6.45) is 1.84. The van der Waals surface area contributed by atoms with Crippen molar-refractivity contribution >= 4 is 34.1 Å². The molecule has 2 aromatic heterocycles. The summed E-state index contributed by atoms with van der Waals surface area (Å²) in [5.41, 5.74) is 2.18. The minimum Gasteiger partial charge on any atom is -0.327 e. The molecular formula is C22H22N4O2S. The first-order chi connectivity index (χ1) is 14.2. The van der Waals surface area contributed by atoms with Crippen molar-refractivity contribution in [3.05, 3.63) is 64.5 Å². The molecule has 0 aliphatic carbocycles. The molecule has 6 nitrogen and oxygen atoms in total. The zero-order valence-electron chi connectivity index (χ0n) is 16.0. The molecule has 2 saturated heterocycles. The summed E-state index contributed by atoms with van der Waals surface area (Å²) in [6.45, 7) is 3.40. The Hall–Kier alpha value is -2.77. The molecule has 0 N–H and O–H groups in total. The third-order valence-corrected chi connectivity index (χ3v) is 6.63. The van der Waals surface area contributed by atoms with E-state index in [2.05, 4.69) is 16.0 Å². The van der Waals surface area contributed by atoms with Crippen molar-refractivity contribution in [2.75, 3.05) is 26.2 Å². The van der Waals surface area contributed by atoms with E-state index < -0.39 is 6.04 Å². The SMILES string of the molecule is O=C1C2CN(Cc3ccnc4ccccc34)CCN2C(=O)CN1Cc1cccs1. The maximum atomic E-state index is 13.1. The molecule has 0 radical (unpaired) electrons. The molecule has 2 amide bonds. The first-order valence-corrected chi connectivity index (χ1v) is 10.7. The minimum atomic E-state index is -0.391. The molecule has 3 aromatic rings. The zero-order chi connectivity index (χ0) is 19.8. The lowest BCUT2D eigenvalue weighted by atomic mass is 10.0. The van der Waals surface area contributed by atoms with E-state index in [1.165, 1.54) is 5.56 Å². The maximum absolute atomic E-state index is 13.1. The number of para-hydroxylation sites is 1. The van der Waals surface area contributed by atoms with Crippen molar-refractivity contribution in [2.24, 2.45) is 0 Å². The average Bonchev–Trinajstić information content (AvgIpc) is 3.25. The van der Waals surface area contributed by atoms with Crippen LogP contribution >= 0.6 is 11.3 Å². The van der Waals surface area contributed by atoms with Crippen LogP contribution in [0.25, 0.3) is 10.9 Å². The fourth-order valence-electron chi connectivity index (χ4n) is 4.29. The number of benzene rings is 1. The van der Waals surface area contributed by atoms with Crippen molar-refractivity contribution in [3.8, 4) is 0 Å². The highest BCUT2D eigenvalue weighted by atomic mass is 32.1. The van der Waals surface area contributed by atoms with Gasteiger partial charge in [0, 0.05) is 42.6 Å². The van der Waals surface area contributed by atoms with Gasteiger partial charge in [-0.15, -0.1) is 11.3 Å². The van der Waals surface area contributed by atoms with Crippen molar-refractivity contribution in [2.45, 2.75) is 19.1 Å². The van der Waals surface area contributed by atoms with Gasteiger partial charge in [-0.1, -0.05) is 24.3 Å². The summed E-state index contributed by atoms with van der Waals surface area (Å²) in [7, 11) is 0. The number of carbonyl (C=O) groups is 2. The van der Waals surface area contributed by atoms with Gasteiger partial charge in [0.25, 0.3) is 0 Å². The predicted molar refractivity (Wildman–Crippen MR) is 112 cm³/mol. The van der Waals surface area contributed by atoms with E-state index in [0.717, 1.165) is 28.9 Å². The van der Waals surface area contributed by atoms with E-state index in [9.17, 15) is 9.59 Å². The van der Waals surface area contributed by atoms with Crippen LogP contribution < -0.4 is 0 Å². The third-order valence-electron chi connectivity index (χ3n) is 5.77. The molecule has 1 aromatic carbocycles. The summed E-state index contributed by atoms with van der Waals surface area (Å²) >= 11 is 1.62. The lowest BCUT2D eigenvalue weighted by Gasteiger charge is -2.46. The van der Waals surface area contributed by atoms with Gasteiger partial charge in [0.2, 0.25) is 11.8 Å². The lowest BCUT2D eigenvalue weighted by molar-refractivity contribution is -0.160. The second kappa shape index (κ2) is 7.57. The Balaban J connectivity index is 1.34. The molecule has 0 saturated carbocycles. The van der Waals surface area contributed by atoms with Gasteiger partial charge in [-0.3, -0.25) is 19.5 Å². The lowest BCUT2D eigenvalue weighted by Crippen LogP contribution is -2.66. The molecule has 148 valence electrons. The molecule has 29 heavy (non-hydrogen) atoms. The Morgan fingerprint density at radius 1 is 1.03 bits per heavy atom. The number of thiophene rings is 1. The van der Waals surface area contributed by atoms with E-state index >= 15 is 0 Å². The zero-order valence-corrected chi connectivity index (χ0v) is 16.8. The number of fused-ring (bicyclic) bond motifs is 2. The second-order valence-corrected chi connectivity index (χ2v) is 8.63. The molecule has 1 atom stereocenters. The number of amides is 2. The highest BCUT2D eigenvalue weighted by molar-refractivity contribution is 7.09. The summed E-state index contributed by atoms with van der Waals surface area (Å²) in [4.78, 5) is 37.1. The Labute approximate surface area is 173 Å². The van der Waals surface area contributed by atoms with Gasteiger partial charge in [-0.2, -0.15) is 0 Å². The predicted octanol–water partition coefficient (Wildman–Crippen LogP) is 2.35. The minimum absolute atomic E-state index is 0.0557. The number of pyridine rings is 1. The quantitative estimate of drug-likeness (QED) is 0.668. The number of piperazine rings is 2. The van der Waals surface area contributed by atoms with Crippen LogP contribution in [0, 0.1) is 0 Å². The van der Waals surface area contributed by atoms with Crippen LogP contribution in [0.1, 0.15) is 10.4 Å². The number of rotatable bonds is 4. The van der Waals surface area contributed by atoms with E-state index in [1.54, 1.807) is 21.1 Å². The number of hydrogen-bond acceptors (Lipinski definition) is 5. The number of carbonyl (C=O) groups excluding carboxylic acids is 2. The summed E-state index contributed by atoms with van der Waals surface area (Å²) < 4.78 is 0. The summed E-state index contributed by atoms with van der Waals surface area (Å²) in [6, 6.07) is 13.8. The van der Waals surface area contributed by atoms with Crippen molar-refractivity contribution < 1.29 is 9.59 Å². The monoisotopic (exact) mass is 406 g/mol. The smallest absolute Gasteiger partial charge is 0.247 e. The standard InChI is InChI=1S/C22H22N4O2S/c27-21-15-25(13-17-4-3-11-29-17)22(28)20-14-24(9-10-26(20)21)12-16-7-8-23-19-6-2-1-5-18(16)19/h1-8,11,20H,9-10,12-15H2. The fraction of sp³-hybridized carbons (Fsp3) is 0.318. The Bertz CT molecular complexity index is 1050. The van der Waals surface area contributed by atoms with Crippen LogP contribution in [-0.2, 0) is 22.7 Å². The first kappa shape index (κ1) is 18.3. The molecule has 4 heterocycles. The van der Waals surface area contributed by atoms with E-state index in [1.807, 2.05) is 48.0 Å². The number of nitrogens with zero attached hydrogens (tertiary/aromatic N) is 4. The molecule has 5 rings (SSSR count). The van der Waals surface area contributed by atoms with Crippen LogP contribution in [0.15, 0.2) is 54.0 Å². The van der Waals surface area contributed by atoms with Crippen LogP contribution in [-0.4, -0.2) is 63.7 Å². The summed E-state index contributed by atoms with van der Waals surface area (Å²) in [5, 5.41) is 3.14. The summed E-state index contributed by atoms with van der Waals surface area (Å²) in [5.74, 6) is 0.113. The second-order valence-electron chi connectivity index (χ2n) is 7.60. The van der Waals surface area contributed by atoms with Gasteiger partial charge in [-0.25, -0.2) is 0 Å². The van der Waals surface area contributed by atoms with Gasteiger partial charge in [0.05, 0.1) is 12.1 Å². The van der Waals surface area contributed by atoms with Crippen molar-refractivity contribution in [1.29, 1.82) is 0 Å². The van der Waals surface area contributed by atoms with Gasteiger partial charge < -0.3 is 9.80 Å². The van der Waals surface area contributed by atoms with Crippen LogP contribution in [0.4, 0.5) is 0 Å². The largest absolute Gasteiger partial charge is 0.327 e. The Morgan fingerprint density at radius 3 is 2.79 bits per heavy atom. The van der Waals surface area contributed by atoms with Crippen LogP contribution in [0.5, 0.6) is 0 Å². The highest BCUT2D eigenvalue weighted by Gasteiger charge is 2.42. The van der Waals surface area contributed by atoms with Crippen LogP contribution in [0.3, 0.4) is 0 Å². The van der Waals surface area contributed by atoms with Gasteiger partial charge in [-0.05, 0) is 29.1 Å². The number of hydrogen-bond donors (Lipinski definition) is 0. The molecule has 0 bridgehead atoms. The molecule has 7 heteroatoms. The Kier molecular flexibility index (Phi) is 4.77. The van der Waals surface area contributed by atoms with Gasteiger partial charge >= 0.3 is 0 Å². The van der Waals surface area contributed by atoms with Crippen molar-refractivity contribution in [1.82, 2.24) is 19.7 Å². The van der Waals surface area contributed by atoms with Gasteiger partial charge in [0.15, 0.2) is 0 Å². The third kappa shape index (κ3) is 3.52. The molecule has 2 aliphatic heterocycles. The van der Waals surface area contributed by atoms with Crippen molar-refractivity contribution in [3.63, 3.8) is 0 Å². The molecular weight excluding hydrogens is 384 g/mol. The maximum Gasteiger partial charge on any atom is 0.247 e. The fourth-order valence-corrected chi connectivity index (χ4v) is 5.01. The van der Waals surface area contributed by atoms with E-state index in [-0.39, 0.29) is 18.4 Å². The Morgan fingerprint density at radius 2 is 1.93 bits per heavy atom.